The lowest BCUT2D eigenvalue weighted by Crippen LogP contribution is -2.23. The normalized spacial score (nSPS) is 12.6. The highest BCUT2D eigenvalue weighted by atomic mass is 16.5. The van der Waals surface area contributed by atoms with Crippen LogP contribution in [0.5, 0.6) is 0 Å². The van der Waals surface area contributed by atoms with Crippen molar-refractivity contribution >= 4 is 22.9 Å². The zero-order chi connectivity index (χ0) is 14.4. The minimum atomic E-state index is 0.162. The third-order valence-electron chi connectivity index (χ3n) is 2.77. The van der Waals surface area contributed by atoms with Crippen LogP contribution in [0.25, 0.3) is 11.2 Å². The van der Waals surface area contributed by atoms with E-state index in [4.69, 9.17) is 4.74 Å². The Kier molecular flexibility index (Phi) is 5.11. The number of aromatic nitrogens is 4. The standard InChI is InChI=1S/C13H22N6O/c1-4-6-14-13-18-11-10(15-8-16-11)12(19-13)17-9(3)7-20-5-2/h8-9H,4-7H2,1-3H3,(H3,14,15,16,17,18,19). The fourth-order valence-corrected chi connectivity index (χ4v) is 1.82. The van der Waals surface area contributed by atoms with Gasteiger partial charge in [-0.2, -0.15) is 9.97 Å². The fourth-order valence-electron chi connectivity index (χ4n) is 1.82. The van der Waals surface area contributed by atoms with Gasteiger partial charge in [-0.25, -0.2) is 4.98 Å². The van der Waals surface area contributed by atoms with Crippen LogP contribution >= 0.6 is 0 Å². The summed E-state index contributed by atoms with van der Waals surface area (Å²) >= 11 is 0. The second-order valence-corrected chi connectivity index (χ2v) is 4.63. The molecule has 0 aromatic carbocycles. The number of ether oxygens (including phenoxy) is 1. The molecule has 7 heteroatoms. The van der Waals surface area contributed by atoms with Crippen LogP contribution in [-0.2, 0) is 4.74 Å². The maximum atomic E-state index is 5.41. The van der Waals surface area contributed by atoms with Gasteiger partial charge >= 0.3 is 0 Å². The van der Waals surface area contributed by atoms with Crippen LogP contribution in [0.1, 0.15) is 27.2 Å². The first-order valence-electron chi connectivity index (χ1n) is 7.03. The minimum absolute atomic E-state index is 0.162. The Balaban J connectivity index is 2.18. The van der Waals surface area contributed by atoms with Gasteiger partial charge in [-0.1, -0.05) is 6.92 Å². The average Bonchev–Trinajstić information content (AvgIpc) is 2.91. The molecule has 0 fully saturated rings. The molecular weight excluding hydrogens is 256 g/mol. The van der Waals surface area contributed by atoms with Crippen molar-refractivity contribution in [2.24, 2.45) is 0 Å². The molecule has 1 unspecified atom stereocenters. The number of H-pyrrole nitrogens is 1. The van der Waals surface area contributed by atoms with Gasteiger partial charge in [0.25, 0.3) is 0 Å². The predicted molar refractivity (Wildman–Crippen MR) is 80.0 cm³/mol. The van der Waals surface area contributed by atoms with Crippen LogP contribution in [0.15, 0.2) is 6.33 Å². The third kappa shape index (κ3) is 3.57. The molecule has 110 valence electrons. The van der Waals surface area contributed by atoms with Crippen molar-refractivity contribution < 1.29 is 4.74 Å². The highest BCUT2D eigenvalue weighted by molar-refractivity contribution is 5.83. The van der Waals surface area contributed by atoms with Gasteiger partial charge in [-0.3, -0.25) is 0 Å². The number of rotatable bonds is 8. The van der Waals surface area contributed by atoms with Crippen molar-refractivity contribution in [3.05, 3.63) is 6.33 Å². The van der Waals surface area contributed by atoms with E-state index in [1.807, 2.05) is 6.92 Å². The van der Waals surface area contributed by atoms with E-state index < -0.39 is 0 Å². The van der Waals surface area contributed by atoms with E-state index in [0.29, 0.717) is 24.8 Å². The molecule has 20 heavy (non-hydrogen) atoms. The summed E-state index contributed by atoms with van der Waals surface area (Å²) < 4.78 is 5.41. The summed E-state index contributed by atoms with van der Waals surface area (Å²) in [5, 5.41) is 6.52. The quantitative estimate of drug-likeness (QED) is 0.684. The highest BCUT2D eigenvalue weighted by Crippen LogP contribution is 2.19. The van der Waals surface area contributed by atoms with Gasteiger partial charge < -0.3 is 20.4 Å². The van der Waals surface area contributed by atoms with Crippen molar-refractivity contribution in [1.82, 2.24) is 19.9 Å². The molecular formula is C13H22N6O. The number of nitrogens with one attached hydrogen (secondary N) is 3. The van der Waals surface area contributed by atoms with Crippen molar-refractivity contribution in [2.75, 3.05) is 30.4 Å². The second-order valence-electron chi connectivity index (χ2n) is 4.63. The van der Waals surface area contributed by atoms with Gasteiger partial charge in [0.1, 0.15) is 5.52 Å². The summed E-state index contributed by atoms with van der Waals surface area (Å²) in [5.41, 5.74) is 1.47. The lowest BCUT2D eigenvalue weighted by molar-refractivity contribution is 0.141. The van der Waals surface area contributed by atoms with Gasteiger partial charge in [0, 0.05) is 19.2 Å². The van der Waals surface area contributed by atoms with E-state index in [1.165, 1.54) is 0 Å². The van der Waals surface area contributed by atoms with Gasteiger partial charge in [0.15, 0.2) is 11.5 Å². The van der Waals surface area contributed by atoms with Crippen LogP contribution in [0.2, 0.25) is 0 Å². The molecule has 1 atom stereocenters. The third-order valence-corrected chi connectivity index (χ3v) is 2.77. The number of fused-ring (bicyclic) bond motifs is 1. The average molecular weight is 278 g/mol. The second kappa shape index (κ2) is 7.04. The van der Waals surface area contributed by atoms with Crippen molar-refractivity contribution in [3.63, 3.8) is 0 Å². The van der Waals surface area contributed by atoms with E-state index in [9.17, 15) is 0 Å². The van der Waals surface area contributed by atoms with Crippen LogP contribution in [0.3, 0.4) is 0 Å². The summed E-state index contributed by atoms with van der Waals surface area (Å²) in [5.74, 6) is 1.34. The largest absolute Gasteiger partial charge is 0.380 e. The van der Waals surface area contributed by atoms with Crippen molar-refractivity contribution in [1.29, 1.82) is 0 Å². The minimum Gasteiger partial charge on any atom is -0.380 e. The maximum Gasteiger partial charge on any atom is 0.226 e. The van der Waals surface area contributed by atoms with Crippen LogP contribution < -0.4 is 10.6 Å². The molecule has 0 aliphatic heterocycles. The number of hydrogen-bond acceptors (Lipinski definition) is 6. The molecule has 7 nitrogen and oxygen atoms in total. The Bertz CT molecular complexity index is 541. The van der Waals surface area contributed by atoms with Crippen molar-refractivity contribution in [3.8, 4) is 0 Å². The molecule has 0 spiro atoms. The molecule has 0 aliphatic rings. The summed E-state index contributed by atoms with van der Waals surface area (Å²) in [6.45, 7) is 8.32. The topological polar surface area (TPSA) is 87.8 Å². The van der Waals surface area contributed by atoms with Crippen LogP contribution in [0.4, 0.5) is 11.8 Å². The van der Waals surface area contributed by atoms with Crippen LogP contribution in [0, 0.1) is 0 Å². The summed E-state index contributed by atoms with van der Waals surface area (Å²) in [4.78, 5) is 16.1. The van der Waals surface area contributed by atoms with Crippen molar-refractivity contribution in [2.45, 2.75) is 33.2 Å². The zero-order valence-corrected chi connectivity index (χ0v) is 12.2. The number of hydrogen-bond donors (Lipinski definition) is 3. The van der Waals surface area contributed by atoms with E-state index in [0.717, 1.165) is 24.3 Å². The monoisotopic (exact) mass is 278 g/mol. The van der Waals surface area contributed by atoms with Gasteiger partial charge in [-0.15, -0.1) is 0 Å². The Labute approximate surface area is 118 Å². The molecule has 0 amide bonds. The number of nitrogens with zero attached hydrogens (tertiary/aromatic N) is 3. The predicted octanol–water partition coefficient (Wildman–Crippen LogP) is 2.01. The number of anilines is 2. The highest BCUT2D eigenvalue weighted by Gasteiger charge is 2.12. The fraction of sp³-hybridized carbons (Fsp3) is 0.615. The molecule has 2 heterocycles. The van der Waals surface area contributed by atoms with Gasteiger partial charge in [0.2, 0.25) is 5.95 Å². The number of imidazole rings is 1. The van der Waals surface area contributed by atoms with Crippen LogP contribution in [-0.4, -0.2) is 45.7 Å². The van der Waals surface area contributed by atoms with Gasteiger partial charge in [0.05, 0.1) is 12.9 Å². The molecule has 0 bridgehead atoms. The van der Waals surface area contributed by atoms with E-state index in [1.54, 1.807) is 6.33 Å². The Morgan fingerprint density at radius 2 is 2.20 bits per heavy atom. The Morgan fingerprint density at radius 1 is 1.35 bits per heavy atom. The Hall–Kier alpha value is -1.89. The maximum absolute atomic E-state index is 5.41. The van der Waals surface area contributed by atoms with E-state index in [2.05, 4.69) is 44.4 Å². The molecule has 2 aromatic heterocycles. The first-order valence-corrected chi connectivity index (χ1v) is 7.03. The summed E-state index contributed by atoms with van der Waals surface area (Å²) in [6, 6.07) is 0.162. The molecule has 3 N–H and O–H groups in total. The molecule has 2 aromatic rings. The summed E-state index contributed by atoms with van der Waals surface area (Å²) in [7, 11) is 0. The smallest absolute Gasteiger partial charge is 0.226 e. The first-order chi connectivity index (χ1) is 9.74. The Morgan fingerprint density at radius 3 is 2.95 bits per heavy atom. The molecule has 0 saturated heterocycles. The molecule has 0 radical (unpaired) electrons. The van der Waals surface area contributed by atoms with Gasteiger partial charge in [-0.05, 0) is 20.3 Å². The summed E-state index contributed by atoms with van der Waals surface area (Å²) in [6.07, 6.45) is 2.65. The first kappa shape index (κ1) is 14.5. The number of aromatic amines is 1. The zero-order valence-electron chi connectivity index (χ0n) is 12.2. The lowest BCUT2D eigenvalue weighted by atomic mass is 10.3. The molecule has 2 rings (SSSR count). The van der Waals surface area contributed by atoms with E-state index in [-0.39, 0.29) is 6.04 Å². The molecule has 0 aliphatic carbocycles. The van der Waals surface area contributed by atoms with E-state index >= 15 is 0 Å². The lowest BCUT2D eigenvalue weighted by Gasteiger charge is -2.15. The SMILES string of the molecule is CCCNc1nc(NC(C)COCC)c2[nH]cnc2n1. The molecule has 0 saturated carbocycles.